The molecule has 2 unspecified atom stereocenters. The molecule has 1 aliphatic carbocycles. The number of carbonyl (C=O) groups excluding carboxylic acids is 1. The summed E-state index contributed by atoms with van der Waals surface area (Å²) in [6.07, 6.45) is 5.31. The average molecular weight is 393 g/mol. The van der Waals surface area contributed by atoms with Gasteiger partial charge in [-0.1, -0.05) is 38.0 Å². The summed E-state index contributed by atoms with van der Waals surface area (Å²) < 4.78 is 8.74. The number of benzene rings is 1. The molecule has 1 N–H and O–H groups in total. The van der Waals surface area contributed by atoms with Crippen molar-refractivity contribution in [3.63, 3.8) is 0 Å². The van der Waals surface area contributed by atoms with Crippen LogP contribution < -0.4 is 5.32 Å². The Balaban J connectivity index is 1.58. The number of hydrogen-bond acceptors (Lipinski definition) is 2. The van der Waals surface area contributed by atoms with Crippen molar-refractivity contribution in [3.8, 4) is 0 Å². The molecular formula is C19H25BrN2O2. The number of hydrogen-bond donors (Lipinski definition) is 1. The molecule has 4 nitrogen and oxygen atoms in total. The van der Waals surface area contributed by atoms with E-state index in [9.17, 15) is 4.79 Å². The summed E-state index contributed by atoms with van der Waals surface area (Å²) in [7, 11) is 1.92. The second-order valence-corrected chi connectivity index (χ2v) is 7.46. The van der Waals surface area contributed by atoms with Crippen molar-refractivity contribution in [1.82, 2.24) is 9.88 Å². The highest BCUT2D eigenvalue weighted by Gasteiger charge is 2.22. The molecule has 1 saturated carbocycles. The van der Waals surface area contributed by atoms with Crippen molar-refractivity contribution in [3.05, 3.63) is 34.4 Å². The van der Waals surface area contributed by atoms with Crippen LogP contribution in [-0.2, 0) is 11.8 Å². The molecule has 130 valence electrons. The third-order valence-electron chi connectivity index (χ3n) is 5.01. The smallest absolute Gasteiger partial charge is 0.269 e. The van der Waals surface area contributed by atoms with Crippen molar-refractivity contribution < 1.29 is 9.53 Å². The van der Waals surface area contributed by atoms with Gasteiger partial charge in [0.05, 0.1) is 17.2 Å². The first-order chi connectivity index (χ1) is 11.6. The van der Waals surface area contributed by atoms with E-state index in [2.05, 4.69) is 28.2 Å². The number of amides is 1. The predicted molar refractivity (Wildman–Crippen MR) is 100 cm³/mol. The SMILES string of the molecule is CC1CCCCC1OCCNC(=O)c1c(Br)c2ccccc2n1C. The van der Waals surface area contributed by atoms with Gasteiger partial charge in [0.15, 0.2) is 0 Å². The van der Waals surface area contributed by atoms with Gasteiger partial charge in [-0.25, -0.2) is 0 Å². The molecule has 1 aliphatic rings. The number of aromatic nitrogens is 1. The molecule has 0 saturated heterocycles. The van der Waals surface area contributed by atoms with E-state index in [1.807, 2.05) is 35.9 Å². The third kappa shape index (κ3) is 3.52. The predicted octanol–water partition coefficient (Wildman–Crippen LogP) is 4.27. The van der Waals surface area contributed by atoms with Gasteiger partial charge in [0.2, 0.25) is 0 Å². The van der Waals surface area contributed by atoms with Crippen LogP contribution in [-0.4, -0.2) is 29.7 Å². The Morgan fingerprint density at radius 2 is 2.08 bits per heavy atom. The fraction of sp³-hybridized carbons (Fsp3) is 0.526. The van der Waals surface area contributed by atoms with Crippen LogP contribution >= 0.6 is 15.9 Å². The average Bonchev–Trinajstić information content (AvgIpc) is 2.84. The second-order valence-electron chi connectivity index (χ2n) is 6.67. The Hall–Kier alpha value is -1.33. The molecule has 1 aromatic carbocycles. The van der Waals surface area contributed by atoms with Crippen LogP contribution in [0.5, 0.6) is 0 Å². The molecule has 0 bridgehead atoms. The summed E-state index contributed by atoms with van der Waals surface area (Å²) in [5.74, 6) is 0.558. The van der Waals surface area contributed by atoms with Gasteiger partial charge in [0.25, 0.3) is 5.91 Å². The van der Waals surface area contributed by atoms with Crippen LogP contribution in [0.25, 0.3) is 10.9 Å². The highest BCUT2D eigenvalue weighted by atomic mass is 79.9. The molecule has 2 atom stereocenters. The van der Waals surface area contributed by atoms with Gasteiger partial charge in [-0.15, -0.1) is 0 Å². The van der Waals surface area contributed by atoms with Gasteiger partial charge >= 0.3 is 0 Å². The van der Waals surface area contributed by atoms with Crippen molar-refractivity contribution in [2.45, 2.75) is 38.7 Å². The van der Waals surface area contributed by atoms with E-state index >= 15 is 0 Å². The molecule has 5 heteroatoms. The van der Waals surface area contributed by atoms with Crippen molar-refractivity contribution in [2.24, 2.45) is 13.0 Å². The summed E-state index contributed by atoms with van der Waals surface area (Å²) in [5.41, 5.74) is 1.70. The first kappa shape index (κ1) is 17.5. The van der Waals surface area contributed by atoms with Crippen molar-refractivity contribution in [2.75, 3.05) is 13.2 Å². The fourth-order valence-corrected chi connectivity index (χ4v) is 4.37. The summed E-state index contributed by atoms with van der Waals surface area (Å²) in [5, 5.41) is 4.03. The number of nitrogens with one attached hydrogen (secondary N) is 1. The van der Waals surface area contributed by atoms with Crippen LogP contribution in [0.15, 0.2) is 28.7 Å². The lowest BCUT2D eigenvalue weighted by Crippen LogP contribution is -2.32. The molecular weight excluding hydrogens is 368 g/mol. The minimum absolute atomic E-state index is 0.0686. The van der Waals surface area contributed by atoms with E-state index in [1.54, 1.807) is 0 Å². The summed E-state index contributed by atoms with van der Waals surface area (Å²) >= 11 is 3.57. The Kier molecular flexibility index (Phi) is 5.61. The topological polar surface area (TPSA) is 43.3 Å². The lowest BCUT2D eigenvalue weighted by atomic mass is 9.88. The molecule has 0 radical (unpaired) electrons. The first-order valence-corrected chi connectivity index (χ1v) is 9.51. The number of ether oxygens (including phenoxy) is 1. The van der Waals surface area contributed by atoms with E-state index in [0.717, 1.165) is 21.8 Å². The fourth-order valence-electron chi connectivity index (χ4n) is 3.59. The monoisotopic (exact) mass is 392 g/mol. The zero-order chi connectivity index (χ0) is 17.1. The molecule has 1 heterocycles. The van der Waals surface area contributed by atoms with Crippen molar-refractivity contribution in [1.29, 1.82) is 0 Å². The number of nitrogens with zero attached hydrogens (tertiary/aromatic N) is 1. The van der Waals surface area contributed by atoms with Crippen LogP contribution in [0, 0.1) is 5.92 Å². The van der Waals surface area contributed by atoms with E-state index in [1.165, 1.54) is 19.3 Å². The van der Waals surface area contributed by atoms with Crippen LogP contribution in [0.1, 0.15) is 43.1 Å². The summed E-state index contributed by atoms with van der Waals surface area (Å²) in [6, 6.07) is 8.00. The molecule has 1 fully saturated rings. The van der Waals surface area contributed by atoms with Gasteiger partial charge in [0, 0.05) is 24.5 Å². The Labute approximate surface area is 151 Å². The number of para-hydroxylation sites is 1. The molecule has 0 spiro atoms. The van der Waals surface area contributed by atoms with E-state index in [-0.39, 0.29) is 5.91 Å². The standard InChI is InChI=1S/C19H25BrN2O2/c1-13-7-3-6-10-16(13)24-12-11-21-19(23)18-17(20)14-8-4-5-9-15(14)22(18)2/h4-5,8-9,13,16H,3,6-7,10-12H2,1-2H3,(H,21,23). The zero-order valence-electron chi connectivity index (χ0n) is 14.3. The molecule has 0 aliphatic heterocycles. The van der Waals surface area contributed by atoms with Crippen molar-refractivity contribution >= 4 is 32.7 Å². The molecule has 3 rings (SSSR count). The lowest BCUT2D eigenvalue weighted by Gasteiger charge is -2.28. The molecule has 2 aromatic rings. The summed E-state index contributed by atoms with van der Waals surface area (Å²) in [6.45, 7) is 3.37. The van der Waals surface area contributed by atoms with E-state index < -0.39 is 0 Å². The van der Waals surface area contributed by atoms with Crippen LogP contribution in [0.4, 0.5) is 0 Å². The third-order valence-corrected chi connectivity index (χ3v) is 5.82. The minimum Gasteiger partial charge on any atom is -0.376 e. The number of fused-ring (bicyclic) bond motifs is 1. The van der Waals surface area contributed by atoms with Gasteiger partial charge in [0.1, 0.15) is 5.69 Å². The Bertz CT molecular complexity index is 686. The highest BCUT2D eigenvalue weighted by molar-refractivity contribution is 9.10. The maximum atomic E-state index is 12.6. The largest absolute Gasteiger partial charge is 0.376 e. The lowest BCUT2D eigenvalue weighted by molar-refractivity contribution is -0.00296. The summed E-state index contributed by atoms with van der Waals surface area (Å²) in [4.78, 5) is 12.6. The van der Waals surface area contributed by atoms with E-state index in [0.29, 0.717) is 30.9 Å². The van der Waals surface area contributed by atoms with E-state index in [4.69, 9.17) is 4.74 Å². The second kappa shape index (κ2) is 7.70. The highest BCUT2D eigenvalue weighted by Crippen LogP contribution is 2.30. The molecule has 1 amide bonds. The first-order valence-electron chi connectivity index (χ1n) is 8.72. The Morgan fingerprint density at radius 3 is 2.83 bits per heavy atom. The normalized spacial score (nSPS) is 21.1. The Morgan fingerprint density at radius 1 is 1.33 bits per heavy atom. The zero-order valence-corrected chi connectivity index (χ0v) is 15.9. The number of rotatable bonds is 5. The molecule has 1 aromatic heterocycles. The van der Waals surface area contributed by atoms with Gasteiger partial charge in [-0.05, 0) is 40.8 Å². The van der Waals surface area contributed by atoms with Gasteiger partial charge < -0.3 is 14.6 Å². The number of aryl methyl sites for hydroxylation is 1. The van der Waals surface area contributed by atoms with Crippen LogP contribution in [0.3, 0.4) is 0 Å². The maximum Gasteiger partial charge on any atom is 0.269 e. The van der Waals surface area contributed by atoms with Gasteiger partial charge in [-0.2, -0.15) is 0 Å². The van der Waals surface area contributed by atoms with Crippen LogP contribution in [0.2, 0.25) is 0 Å². The number of halogens is 1. The quantitative estimate of drug-likeness (QED) is 0.772. The molecule has 24 heavy (non-hydrogen) atoms. The maximum absolute atomic E-state index is 12.6. The number of carbonyl (C=O) groups is 1. The van der Waals surface area contributed by atoms with Gasteiger partial charge in [-0.3, -0.25) is 4.79 Å². The minimum atomic E-state index is -0.0686.